The van der Waals surface area contributed by atoms with Crippen molar-refractivity contribution in [2.45, 2.75) is 13.8 Å². The molecule has 0 unspecified atom stereocenters. The van der Waals surface area contributed by atoms with E-state index in [4.69, 9.17) is 4.98 Å². The Hall–Kier alpha value is -3.38. The molecule has 1 aliphatic heterocycles. The molecule has 1 aliphatic rings. The largest absolute Gasteiger partial charge is 0.369 e. The summed E-state index contributed by atoms with van der Waals surface area (Å²) < 4.78 is 0. The van der Waals surface area contributed by atoms with Crippen LogP contribution in [0, 0.1) is 13.8 Å². The van der Waals surface area contributed by atoms with Crippen LogP contribution in [0.1, 0.15) is 11.1 Å². The van der Waals surface area contributed by atoms with Gasteiger partial charge in [-0.15, -0.1) is 0 Å². The Balaban J connectivity index is 1.40. The minimum Gasteiger partial charge on any atom is -0.369 e. The lowest BCUT2D eigenvalue weighted by Gasteiger charge is -2.34. The number of fused-ring (bicyclic) bond motifs is 1. The molecular weight excluding hydrogens is 384 g/mol. The summed E-state index contributed by atoms with van der Waals surface area (Å²) in [6.07, 6.45) is 1.85. The van der Waals surface area contributed by atoms with Gasteiger partial charge in [0.2, 0.25) is 5.95 Å². The zero-order valence-corrected chi connectivity index (χ0v) is 18.3. The number of H-pyrrole nitrogens is 1. The van der Waals surface area contributed by atoms with Crippen molar-refractivity contribution in [3.63, 3.8) is 0 Å². The van der Waals surface area contributed by atoms with Crippen LogP contribution in [0.25, 0.3) is 22.3 Å². The molecule has 0 aliphatic carbocycles. The fourth-order valence-corrected chi connectivity index (χ4v) is 4.33. The summed E-state index contributed by atoms with van der Waals surface area (Å²) in [6, 6.07) is 17.0. The van der Waals surface area contributed by atoms with Crippen molar-refractivity contribution in [1.29, 1.82) is 0 Å². The van der Waals surface area contributed by atoms with Gasteiger partial charge in [-0.3, -0.25) is 0 Å². The first-order valence-electron chi connectivity index (χ1n) is 10.8. The third-order valence-electron chi connectivity index (χ3n) is 6.09. The van der Waals surface area contributed by atoms with Crippen molar-refractivity contribution in [3.05, 3.63) is 65.9 Å². The van der Waals surface area contributed by atoms with E-state index in [0.29, 0.717) is 5.95 Å². The fourth-order valence-electron chi connectivity index (χ4n) is 4.33. The number of aromatic amines is 1. The lowest BCUT2D eigenvalue weighted by molar-refractivity contribution is 0.313. The minimum absolute atomic E-state index is 0.607. The van der Waals surface area contributed by atoms with Crippen LogP contribution in [0.2, 0.25) is 0 Å². The molecule has 158 valence electrons. The van der Waals surface area contributed by atoms with Crippen molar-refractivity contribution in [2.75, 3.05) is 43.4 Å². The number of aromatic nitrogens is 3. The summed E-state index contributed by atoms with van der Waals surface area (Å²) in [7, 11) is 2.18. The molecule has 0 spiro atoms. The molecule has 31 heavy (non-hydrogen) atoms. The third-order valence-corrected chi connectivity index (χ3v) is 6.09. The molecule has 6 nitrogen and oxygen atoms in total. The van der Waals surface area contributed by atoms with Crippen molar-refractivity contribution < 1.29 is 0 Å². The van der Waals surface area contributed by atoms with E-state index in [2.05, 4.69) is 94.5 Å². The zero-order chi connectivity index (χ0) is 21.4. The number of likely N-dealkylation sites (N-methyl/N-ethyl adjacent to an activating group) is 1. The lowest BCUT2D eigenvalue weighted by atomic mass is 10.0. The highest BCUT2D eigenvalue weighted by Gasteiger charge is 2.15. The third kappa shape index (κ3) is 3.99. The summed E-state index contributed by atoms with van der Waals surface area (Å²) in [5.74, 6) is 0.607. The number of piperazine rings is 1. The topological polar surface area (TPSA) is 60.1 Å². The van der Waals surface area contributed by atoms with Crippen molar-refractivity contribution in [1.82, 2.24) is 19.9 Å². The van der Waals surface area contributed by atoms with Crippen molar-refractivity contribution >= 4 is 28.4 Å². The summed E-state index contributed by atoms with van der Waals surface area (Å²) in [5, 5.41) is 3.38. The van der Waals surface area contributed by atoms with E-state index in [0.717, 1.165) is 48.6 Å². The molecule has 1 saturated heterocycles. The van der Waals surface area contributed by atoms with E-state index in [9.17, 15) is 0 Å². The van der Waals surface area contributed by atoms with E-state index in [1.807, 2.05) is 6.20 Å². The number of aryl methyl sites for hydroxylation is 2. The quantitative estimate of drug-likeness (QED) is 0.507. The molecule has 2 aromatic carbocycles. The smallest absolute Gasteiger partial charge is 0.227 e. The molecular formula is C25H28N6. The van der Waals surface area contributed by atoms with E-state index >= 15 is 0 Å². The van der Waals surface area contributed by atoms with Crippen LogP contribution in [0.3, 0.4) is 0 Å². The first-order chi connectivity index (χ1) is 15.1. The molecule has 0 saturated carbocycles. The average Bonchev–Trinajstić information content (AvgIpc) is 3.17. The van der Waals surface area contributed by atoms with Crippen molar-refractivity contribution in [2.24, 2.45) is 0 Å². The van der Waals surface area contributed by atoms with Crippen LogP contribution in [0.4, 0.5) is 17.3 Å². The minimum atomic E-state index is 0.607. The highest BCUT2D eigenvalue weighted by molar-refractivity contribution is 5.84. The van der Waals surface area contributed by atoms with Gasteiger partial charge >= 0.3 is 0 Å². The maximum atomic E-state index is 4.75. The van der Waals surface area contributed by atoms with E-state index < -0.39 is 0 Å². The van der Waals surface area contributed by atoms with Gasteiger partial charge < -0.3 is 20.1 Å². The van der Waals surface area contributed by atoms with Gasteiger partial charge in [0, 0.05) is 48.8 Å². The second-order valence-electron chi connectivity index (χ2n) is 8.41. The number of nitrogens with one attached hydrogen (secondary N) is 2. The summed E-state index contributed by atoms with van der Waals surface area (Å²) in [5.41, 5.74) is 8.89. The van der Waals surface area contributed by atoms with Gasteiger partial charge in [0.25, 0.3) is 0 Å². The molecule has 2 aromatic heterocycles. The SMILES string of the molecule is Cc1cccc(C)c1-c1cc2nc(Nc3cccc(N4CCN(C)CC4)c3)ncc2[nH]1. The van der Waals surface area contributed by atoms with Crippen molar-refractivity contribution in [3.8, 4) is 11.3 Å². The van der Waals surface area contributed by atoms with Crippen LogP contribution in [-0.2, 0) is 0 Å². The van der Waals surface area contributed by atoms with Gasteiger partial charge in [0.05, 0.1) is 17.2 Å². The first-order valence-corrected chi connectivity index (χ1v) is 10.8. The lowest BCUT2D eigenvalue weighted by Crippen LogP contribution is -2.44. The Morgan fingerprint density at radius 3 is 2.45 bits per heavy atom. The first kappa shape index (κ1) is 19.6. The van der Waals surface area contributed by atoms with E-state index in [1.54, 1.807) is 0 Å². The normalized spacial score (nSPS) is 14.9. The summed E-state index contributed by atoms with van der Waals surface area (Å²) in [4.78, 5) is 17.6. The summed E-state index contributed by atoms with van der Waals surface area (Å²) >= 11 is 0. The molecule has 3 heterocycles. The molecule has 0 amide bonds. The summed E-state index contributed by atoms with van der Waals surface area (Å²) in [6.45, 7) is 8.56. The highest BCUT2D eigenvalue weighted by Crippen LogP contribution is 2.29. The molecule has 4 aromatic rings. The standard InChI is InChI=1S/C25H28N6/c1-17-6-4-7-18(2)24(17)22-15-21-23(28-22)16-26-25(29-21)27-19-8-5-9-20(14-19)31-12-10-30(3)11-13-31/h4-9,14-16,28H,10-13H2,1-3H3,(H,26,27,29). The average molecular weight is 413 g/mol. The Labute approximate surface area is 182 Å². The van der Waals surface area contributed by atoms with Gasteiger partial charge in [-0.2, -0.15) is 0 Å². The van der Waals surface area contributed by atoms with E-state index in [-0.39, 0.29) is 0 Å². The number of rotatable bonds is 4. The monoisotopic (exact) mass is 412 g/mol. The molecule has 5 rings (SSSR count). The molecule has 0 bridgehead atoms. The second-order valence-corrected chi connectivity index (χ2v) is 8.41. The van der Waals surface area contributed by atoms with Gasteiger partial charge in [0.15, 0.2) is 0 Å². The Morgan fingerprint density at radius 2 is 1.68 bits per heavy atom. The number of hydrogen-bond acceptors (Lipinski definition) is 5. The van der Waals surface area contributed by atoms with Crippen LogP contribution in [0.5, 0.6) is 0 Å². The molecule has 6 heteroatoms. The van der Waals surface area contributed by atoms with Gasteiger partial charge in [-0.1, -0.05) is 24.3 Å². The number of nitrogens with zero attached hydrogens (tertiary/aromatic N) is 4. The van der Waals surface area contributed by atoms with Crippen LogP contribution in [0.15, 0.2) is 54.7 Å². The predicted octanol–water partition coefficient (Wildman–Crippen LogP) is 4.74. The van der Waals surface area contributed by atoms with Gasteiger partial charge in [-0.05, 0) is 56.3 Å². The second kappa shape index (κ2) is 8.04. The van der Waals surface area contributed by atoms with Gasteiger partial charge in [-0.25, -0.2) is 9.97 Å². The van der Waals surface area contributed by atoms with Crippen LogP contribution < -0.4 is 10.2 Å². The Kier molecular flexibility index (Phi) is 5.08. The Morgan fingerprint density at radius 1 is 0.935 bits per heavy atom. The van der Waals surface area contributed by atoms with E-state index in [1.165, 1.54) is 22.4 Å². The zero-order valence-electron chi connectivity index (χ0n) is 18.3. The molecule has 1 fully saturated rings. The highest BCUT2D eigenvalue weighted by atomic mass is 15.2. The number of benzene rings is 2. The number of anilines is 3. The van der Waals surface area contributed by atoms with Crippen LogP contribution >= 0.6 is 0 Å². The maximum Gasteiger partial charge on any atom is 0.227 e. The molecule has 2 N–H and O–H groups in total. The maximum absolute atomic E-state index is 4.75. The molecule has 0 radical (unpaired) electrons. The van der Waals surface area contributed by atoms with Crippen LogP contribution in [-0.4, -0.2) is 53.1 Å². The molecule has 0 atom stereocenters. The fraction of sp³-hybridized carbons (Fsp3) is 0.280. The predicted molar refractivity (Wildman–Crippen MR) is 128 cm³/mol. The van der Waals surface area contributed by atoms with Gasteiger partial charge in [0.1, 0.15) is 0 Å². The number of hydrogen-bond donors (Lipinski definition) is 2. The Bertz CT molecular complexity index is 1200.